The minimum atomic E-state index is -0.167. The number of amidine groups is 1. The van der Waals surface area contributed by atoms with E-state index in [4.69, 9.17) is 9.47 Å². The number of amides is 1. The van der Waals surface area contributed by atoms with Crippen LogP contribution < -0.4 is 9.47 Å². The lowest BCUT2D eigenvalue weighted by molar-refractivity contribution is -0.113. The molecule has 2 aliphatic rings. The van der Waals surface area contributed by atoms with Crippen LogP contribution in [0.5, 0.6) is 11.5 Å². The number of hydrogen-bond donors (Lipinski definition) is 0. The Morgan fingerprint density at radius 1 is 1.13 bits per heavy atom. The number of methoxy groups -OCH3 is 1. The maximum Gasteiger partial charge on any atom is 0.286 e. The number of piperidine rings is 1. The summed E-state index contributed by atoms with van der Waals surface area (Å²) in [6.45, 7) is 4.40. The summed E-state index contributed by atoms with van der Waals surface area (Å²) in [5.74, 6) is 1.88. The highest BCUT2D eigenvalue weighted by molar-refractivity contribution is 8.18. The van der Waals surface area contributed by atoms with Gasteiger partial charge in [0.25, 0.3) is 5.91 Å². The Bertz CT molecular complexity index is 980. The van der Waals surface area contributed by atoms with Gasteiger partial charge in [-0.1, -0.05) is 36.4 Å². The molecule has 2 heterocycles. The molecule has 0 aromatic heterocycles. The molecule has 5 nitrogen and oxygen atoms in total. The van der Waals surface area contributed by atoms with E-state index < -0.39 is 0 Å². The second kappa shape index (κ2) is 10.1. The smallest absolute Gasteiger partial charge is 0.286 e. The molecule has 1 amide bonds. The second-order valence-electron chi connectivity index (χ2n) is 7.77. The number of benzene rings is 2. The molecule has 0 radical (unpaired) electrons. The zero-order valence-electron chi connectivity index (χ0n) is 18.0. The van der Waals surface area contributed by atoms with Crippen LogP contribution in [-0.4, -0.2) is 42.8 Å². The number of ether oxygens (including phenoxy) is 2. The van der Waals surface area contributed by atoms with Gasteiger partial charge in [-0.05, 0) is 73.2 Å². The van der Waals surface area contributed by atoms with Crippen molar-refractivity contribution in [1.82, 2.24) is 4.90 Å². The molecule has 1 saturated heterocycles. The fourth-order valence-electron chi connectivity index (χ4n) is 4.01. The molecule has 2 aliphatic heterocycles. The van der Waals surface area contributed by atoms with Crippen molar-refractivity contribution in [2.75, 3.05) is 26.8 Å². The van der Waals surface area contributed by atoms with Crippen molar-refractivity contribution >= 4 is 28.9 Å². The molecule has 162 valence electrons. The zero-order chi connectivity index (χ0) is 21.6. The number of rotatable bonds is 6. The largest absolute Gasteiger partial charge is 0.493 e. The third-order valence-electron chi connectivity index (χ3n) is 5.65. The molecule has 6 heteroatoms. The predicted molar refractivity (Wildman–Crippen MR) is 127 cm³/mol. The van der Waals surface area contributed by atoms with Crippen molar-refractivity contribution in [2.24, 2.45) is 10.9 Å². The lowest BCUT2D eigenvalue weighted by Crippen LogP contribution is -2.37. The summed E-state index contributed by atoms with van der Waals surface area (Å²) in [6.07, 6.45) is 5.25. The summed E-state index contributed by atoms with van der Waals surface area (Å²) < 4.78 is 11.0. The molecule has 4 rings (SSSR count). The summed E-state index contributed by atoms with van der Waals surface area (Å²) in [6, 6.07) is 16.4. The standard InChI is InChI=1S/C25H28N2O3S/c1-3-30-21-10-9-20(16-22(21)29-2)17-23-24(28)26-25(31-23)27-13-11-19(12-14-27)15-18-7-5-4-6-8-18/h4-10,16-17,19H,3,11-15H2,1-2H3/b23-17+. The molecule has 0 unspecified atom stereocenters. The van der Waals surface area contributed by atoms with Gasteiger partial charge in [-0.15, -0.1) is 0 Å². The van der Waals surface area contributed by atoms with Crippen LogP contribution in [0.2, 0.25) is 0 Å². The number of aliphatic imine (C=N–C) groups is 1. The predicted octanol–water partition coefficient (Wildman–Crippen LogP) is 5.02. The molecule has 2 aromatic carbocycles. The first-order chi connectivity index (χ1) is 15.2. The molecular weight excluding hydrogens is 408 g/mol. The Hall–Kier alpha value is -2.73. The van der Waals surface area contributed by atoms with E-state index in [0.29, 0.717) is 28.9 Å². The highest BCUT2D eigenvalue weighted by Crippen LogP contribution is 2.34. The summed E-state index contributed by atoms with van der Waals surface area (Å²) >= 11 is 1.47. The monoisotopic (exact) mass is 436 g/mol. The molecule has 0 atom stereocenters. The number of nitrogens with zero attached hydrogens (tertiary/aromatic N) is 2. The summed E-state index contributed by atoms with van der Waals surface area (Å²) in [5.41, 5.74) is 2.30. The number of hydrogen-bond acceptors (Lipinski definition) is 5. The number of carbonyl (C=O) groups excluding carboxylic acids is 1. The highest BCUT2D eigenvalue weighted by atomic mass is 32.2. The van der Waals surface area contributed by atoms with Crippen molar-refractivity contribution < 1.29 is 14.3 Å². The van der Waals surface area contributed by atoms with Crippen molar-refractivity contribution in [3.63, 3.8) is 0 Å². The minimum Gasteiger partial charge on any atom is -0.493 e. The number of likely N-dealkylation sites (tertiary alicyclic amines) is 1. The Morgan fingerprint density at radius 2 is 1.90 bits per heavy atom. The Labute approximate surface area is 188 Å². The van der Waals surface area contributed by atoms with E-state index in [1.165, 1.54) is 17.3 Å². The van der Waals surface area contributed by atoms with E-state index in [-0.39, 0.29) is 5.91 Å². The van der Waals surface area contributed by atoms with Crippen molar-refractivity contribution in [2.45, 2.75) is 26.2 Å². The van der Waals surface area contributed by atoms with Gasteiger partial charge in [0.2, 0.25) is 0 Å². The highest BCUT2D eigenvalue weighted by Gasteiger charge is 2.29. The molecule has 31 heavy (non-hydrogen) atoms. The molecule has 0 aliphatic carbocycles. The van der Waals surface area contributed by atoms with Gasteiger partial charge >= 0.3 is 0 Å². The third kappa shape index (κ3) is 5.31. The second-order valence-corrected chi connectivity index (χ2v) is 8.78. The minimum absolute atomic E-state index is 0.167. The van der Waals surface area contributed by atoms with Crippen LogP contribution in [0.4, 0.5) is 0 Å². The normalized spacial score (nSPS) is 18.4. The Balaban J connectivity index is 1.36. The SMILES string of the molecule is CCOc1ccc(/C=C2/SC(N3CCC(Cc4ccccc4)CC3)=NC2=O)cc1OC. The lowest BCUT2D eigenvalue weighted by Gasteiger charge is -2.32. The van der Waals surface area contributed by atoms with E-state index in [0.717, 1.165) is 43.1 Å². The van der Waals surface area contributed by atoms with E-state index in [1.807, 2.05) is 31.2 Å². The van der Waals surface area contributed by atoms with E-state index in [2.05, 4.69) is 40.2 Å². The average Bonchev–Trinajstić information content (AvgIpc) is 3.16. The summed E-state index contributed by atoms with van der Waals surface area (Å²) in [5, 5.41) is 0.826. The molecule has 2 aromatic rings. The zero-order valence-corrected chi connectivity index (χ0v) is 18.9. The van der Waals surface area contributed by atoms with Gasteiger partial charge in [0.1, 0.15) is 0 Å². The van der Waals surface area contributed by atoms with Crippen LogP contribution in [0.15, 0.2) is 58.4 Å². The molecule has 0 saturated carbocycles. The van der Waals surface area contributed by atoms with Gasteiger partial charge in [0, 0.05) is 13.1 Å². The van der Waals surface area contributed by atoms with Gasteiger partial charge in [-0.2, -0.15) is 4.99 Å². The van der Waals surface area contributed by atoms with Gasteiger partial charge in [0.15, 0.2) is 16.7 Å². The van der Waals surface area contributed by atoms with Gasteiger partial charge in [-0.3, -0.25) is 4.79 Å². The third-order valence-corrected chi connectivity index (χ3v) is 6.69. The van der Waals surface area contributed by atoms with Gasteiger partial charge in [0.05, 0.1) is 18.6 Å². The van der Waals surface area contributed by atoms with Crippen molar-refractivity contribution in [3.8, 4) is 11.5 Å². The van der Waals surface area contributed by atoms with Crippen LogP contribution in [0.25, 0.3) is 6.08 Å². The first-order valence-corrected chi connectivity index (χ1v) is 11.6. The lowest BCUT2D eigenvalue weighted by atomic mass is 9.90. The first-order valence-electron chi connectivity index (χ1n) is 10.8. The summed E-state index contributed by atoms with van der Waals surface area (Å²) in [4.78, 5) is 19.7. The van der Waals surface area contributed by atoms with E-state index in [1.54, 1.807) is 7.11 Å². The quantitative estimate of drug-likeness (QED) is 0.595. The molecule has 0 spiro atoms. The van der Waals surface area contributed by atoms with Crippen LogP contribution in [-0.2, 0) is 11.2 Å². The number of thioether (sulfide) groups is 1. The molecule has 1 fully saturated rings. The summed E-state index contributed by atoms with van der Waals surface area (Å²) in [7, 11) is 1.62. The Kier molecular flexibility index (Phi) is 6.97. The van der Waals surface area contributed by atoms with Gasteiger partial charge in [-0.25, -0.2) is 0 Å². The first kappa shape index (κ1) is 21.5. The average molecular weight is 437 g/mol. The maximum absolute atomic E-state index is 12.5. The fraction of sp³-hybridized carbons (Fsp3) is 0.360. The fourth-order valence-corrected chi connectivity index (χ4v) is 4.97. The van der Waals surface area contributed by atoms with E-state index in [9.17, 15) is 4.79 Å². The van der Waals surface area contributed by atoms with Crippen LogP contribution in [0, 0.1) is 5.92 Å². The van der Waals surface area contributed by atoms with E-state index >= 15 is 0 Å². The van der Waals surface area contributed by atoms with Crippen LogP contribution in [0.3, 0.4) is 0 Å². The van der Waals surface area contributed by atoms with Crippen molar-refractivity contribution in [1.29, 1.82) is 0 Å². The molecule has 0 N–H and O–H groups in total. The van der Waals surface area contributed by atoms with Crippen molar-refractivity contribution in [3.05, 3.63) is 64.6 Å². The topological polar surface area (TPSA) is 51.1 Å². The van der Waals surface area contributed by atoms with Crippen LogP contribution >= 0.6 is 11.8 Å². The van der Waals surface area contributed by atoms with Crippen LogP contribution in [0.1, 0.15) is 30.9 Å². The maximum atomic E-state index is 12.5. The molecular formula is C25H28N2O3S. The Morgan fingerprint density at radius 3 is 2.61 bits per heavy atom. The number of carbonyl (C=O) groups is 1. The molecule has 0 bridgehead atoms. The van der Waals surface area contributed by atoms with Gasteiger partial charge < -0.3 is 14.4 Å².